The molecule has 3 rings (SSSR count). The molecule has 1 aromatic heterocycles. The van der Waals surface area contributed by atoms with E-state index in [0.29, 0.717) is 17.2 Å². The molecule has 2 aromatic rings. The zero-order valence-corrected chi connectivity index (χ0v) is 14.8. The number of benzene rings is 1. The van der Waals surface area contributed by atoms with Gasteiger partial charge in [0.15, 0.2) is 11.6 Å². The Morgan fingerprint density at radius 3 is 2.54 bits per heavy atom. The number of nitrogens with zero attached hydrogens (tertiary/aromatic N) is 4. The van der Waals surface area contributed by atoms with Gasteiger partial charge in [0, 0.05) is 44.1 Å². The third-order valence-corrected chi connectivity index (χ3v) is 4.49. The number of piperazine rings is 1. The van der Waals surface area contributed by atoms with Crippen LogP contribution >= 0.6 is 0 Å². The van der Waals surface area contributed by atoms with Crippen LogP contribution in [0.1, 0.15) is 23.0 Å². The fourth-order valence-corrected chi connectivity index (χ4v) is 2.87. The molecule has 1 aliphatic heterocycles. The first-order valence-electron chi connectivity index (χ1n) is 8.55. The molecule has 0 spiro atoms. The number of halogens is 2. The second kappa shape index (κ2) is 7.74. The highest BCUT2D eigenvalue weighted by Crippen LogP contribution is 2.17. The molecule has 2 heterocycles. The van der Waals surface area contributed by atoms with Crippen LogP contribution in [0.15, 0.2) is 24.4 Å². The molecule has 0 radical (unpaired) electrons. The van der Waals surface area contributed by atoms with Crippen molar-refractivity contribution in [2.75, 3.05) is 42.9 Å². The molecule has 0 saturated carbocycles. The van der Waals surface area contributed by atoms with Gasteiger partial charge in [-0.2, -0.15) is 0 Å². The van der Waals surface area contributed by atoms with Crippen LogP contribution < -0.4 is 10.2 Å². The molecule has 138 valence electrons. The van der Waals surface area contributed by atoms with Crippen LogP contribution in [0.25, 0.3) is 0 Å². The van der Waals surface area contributed by atoms with Gasteiger partial charge in [0.25, 0.3) is 5.91 Å². The van der Waals surface area contributed by atoms with Crippen LogP contribution in [0, 0.1) is 18.6 Å². The van der Waals surface area contributed by atoms with E-state index in [4.69, 9.17) is 0 Å². The van der Waals surface area contributed by atoms with Gasteiger partial charge in [0.05, 0.1) is 11.3 Å². The van der Waals surface area contributed by atoms with Gasteiger partial charge in [-0.1, -0.05) is 6.92 Å². The van der Waals surface area contributed by atoms with Gasteiger partial charge in [-0.3, -0.25) is 4.79 Å². The molecule has 26 heavy (non-hydrogen) atoms. The number of nitrogens with one attached hydrogen (secondary N) is 1. The van der Waals surface area contributed by atoms with Crippen molar-refractivity contribution in [3.8, 4) is 0 Å². The van der Waals surface area contributed by atoms with Gasteiger partial charge in [-0.25, -0.2) is 18.7 Å². The maximum Gasteiger partial charge on any atom is 0.259 e. The number of carbonyl (C=O) groups is 1. The summed E-state index contributed by atoms with van der Waals surface area (Å²) in [5.74, 6) is -1.84. The number of carbonyl (C=O) groups excluding carboxylic acids is 1. The second-order valence-electron chi connectivity index (χ2n) is 6.17. The first kappa shape index (κ1) is 18.2. The van der Waals surface area contributed by atoms with Crippen LogP contribution in [-0.2, 0) is 0 Å². The molecule has 1 aliphatic rings. The minimum absolute atomic E-state index is 0.174. The van der Waals surface area contributed by atoms with Crippen molar-refractivity contribution in [2.45, 2.75) is 13.8 Å². The molecule has 1 aromatic carbocycles. The van der Waals surface area contributed by atoms with Gasteiger partial charge in [0.1, 0.15) is 0 Å². The Morgan fingerprint density at radius 1 is 1.19 bits per heavy atom. The lowest BCUT2D eigenvalue weighted by Crippen LogP contribution is -2.46. The summed E-state index contributed by atoms with van der Waals surface area (Å²) in [6.45, 7) is 8.48. The van der Waals surface area contributed by atoms with Crippen molar-refractivity contribution in [1.29, 1.82) is 0 Å². The lowest BCUT2D eigenvalue weighted by molar-refractivity contribution is 0.102. The Bertz CT molecular complexity index is 806. The van der Waals surface area contributed by atoms with Crippen molar-refractivity contribution in [2.24, 2.45) is 0 Å². The quantitative estimate of drug-likeness (QED) is 0.906. The van der Waals surface area contributed by atoms with Crippen molar-refractivity contribution in [3.63, 3.8) is 0 Å². The van der Waals surface area contributed by atoms with E-state index in [1.807, 2.05) is 0 Å². The van der Waals surface area contributed by atoms with E-state index in [2.05, 4.69) is 32.0 Å². The standard InChI is InChI=1S/C18H21F2N5O/c1-3-24-6-8-25(9-7-24)18-21-11-14(12(2)22-18)17(26)23-13-4-5-15(19)16(20)10-13/h4-5,10-11H,3,6-9H2,1-2H3,(H,23,26). The first-order chi connectivity index (χ1) is 12.5. The predicted molar refractivity (Wildman–Crippen MR) is 95.4 cm³/mol. The van der Waals surface area contributed by atoms with Gasteiger partial charge in [-0.15, -0.1) is 0 Å². The van der Waals surface area contributed by atoms with Gasteiger partial charge >= 0.3 is 0 Å². The highest BCUT2D eigenvalue weighted by atomic mass is 19.2. The lowest BCUT2D eigenvalue weighted by atomic mass is 10.2. The van der Waals surface area contributed by atoms with Crippen LogP contribution in [0.3, 0.4) is 0 Å². The number of aromatic nitrogens is 2. The number of anilines is 2. The zero-order valence-electron chi connectivity index (χ0n) is 14.8. The average molecular weight is 361 g/mol. The Hall–Kier alpha value is -2.61. The highest BCUT2D eigenvalue weighted by molar-refractivity contribution is 6.04. The molecule has 1 fully saturated rings. The smallest absolute Gasteiger partial charge is 0.259 e. The molecular weight excluding hydrogens is 340 g/mol. The maximum atomic E-state index is 13.3. The van der Waals surface area contributed by atoms with E-state index in [-0.39, 0.29) is 5.69 Å². The summed E-state index contributed by atoms with van der Waals surface area (Å²) in [7, 11) is 0. The monoisotopic (exact) mass is 361 g/mol. The molecular formula is C18H21F2N5O. The van der Waals surface area contributed by atoms with Crippen LogP contribution in [0.4, 0.5) is 20.4 Å². The molecule has 0 unspecified atom stereocenters. The molecule has 1 saturated heterocycles. The number of aryl methyl sites for hydroxylation is 1. The van der Waals surface area contributed by atoms with Crippen molar-refractivity contribution < 1.29 is 13.6 Å². The third-order valence-electron chi connectivity index (χ3n) is 4.49. The Morgan fingerprint density at radius 2 is 1.92 bits per heavy atom. The summed E-state index contributed by atoms with van der Waals surface area (Å²) in [5.41, 5.74) is 1.01. The van der Waals surface area contributed by atoms with Crippen LogP contribution in [0.2, 0.25) is 0 Å². The maximum absolute atomic E-state index is 13.3. The molecule has 0 atom stereocenters. The second-order valence-corrected chi connectivity index (χ2v) is 6.17. The molecule has 6 nitrogen and oxygen atoms in total. The van der Waals surface area contributed by atoms with Crippen molar-refractivity contribution >= 4 is 17.5 Å². The van der Waals surface area contributed by atoms with Crippen LogP contribution in [-0.4, -0.2) is 53.5 Å². The Balaban J connectivity index is 1.70. The fraction of sp³-hybridized carbons (Fsp3) is 0.389. The van der Waals surface area contributed by atoms with Gasteiger partial charge in [-0.05, 0) is 25.6 Å². The minimum Gasteiger partial charge on any atom is -0.338 e. The fourth-order valence-electron chi connectivity index (χ4n) is 2.87. The molecule has 0 aliphatic carbocycles. The van der Waals surface area contributed by atoms with Crippen molar-refractivity contribution in [1.82, 2.24) is 14.9 Å². The Labute approximate surface area is 150 Å². The zero-order chi connectivity index (χ0) is 18.7. The number of hydrogen-bond acceptors (Lipinski definition) is 5. The first-order valence-corrected chi connectivity index (χ1v) is 8.55. The van der Waals surface area contributed by atoms with E-state index in [9.17, 15) is 13.6 Å². The third kappa shape index (κ3) is 3.96. The van der Waals surface area contributed by atoms with Crippen LogP contribution in [0.5, 0.6) is 0 Å². The van der Waals surface area contributed by atoms with E-state index >= 15 is 0 Å². The van der Waals surface area contributed by atoms with Crippen molar-refractivity contribution in [3.05, 3.63) is 47.3 Å². The molecule has 8 heteroatoms. The average Bonchev–Trinajstić information content (AvgIpc) is 2.64. The molecule has 0 bridgehead atoms. The number of likely N-dealkylation sites (N-methyl/N-ethyl adjacent to an activating group) is 1. The molecule has 1 amide bonds. The topological polar surface area (TPSA) is 61.4 Å². The van der Waals surface area contributed by atoms with E-state index in [1.54, 1.807) is 6.92 Å². The Kier molecular flexibility index (Phi) is 5.41. The number of hydrogen-bond donors (Lipinski definition) is 1. The summed E-state index contributed by atoms with van der Waals surface area (Å²) in [6, 6.07) is 3.20. The summed E-state index contributed by atoms with van der Waals surface area (Å²) >= 11 is 0. The van der Waals surface area contributed by atoms with Gasteiger partial charge < -0.3 is 15.1 Å². The summed E-state index contributed by atoms with van der Waals surface area (Å²) < 4.78 is 26.2. The molecule has 1 N–H and O–H groups in total. The van der Waals surface area contributed by atoms with E-state index in [1.165, 1.54) is 12.3 Å². The lowest BCUT2D eigenvalue weighted by Gasteiger charge is -2.34. The SMILES string of the molecule is CCN1CCN(c2ncc(C(=O)Nc3ccc(F)c(F)c3)c(C)n2)CC1. The summed E-state index contributed by atoms with van der Waals surface area (Å²) in [4.78, 5) is 25.6. The summed E-state index contributed by atoms with van der Waals surface area (Å²) in [5, 5.41) is 2.53. The van der Waals surface area contributed by atoms with E-state index in [0.717, 1.165) is 44.9 Å². The number of rotatable bonds is 4. The largest absolute Gasteiger partial charge is 0.338 e. The predicted octanol–water partition coefficient (Wildman–Crippen LogP) is 2.46. The van der Waals surface area contributed by atoms with Gasteiger partial charge in [0.2, 0.25) is 5.95 Å². The minimum atomic E-state index is -1.02. The summed E-state index contributed by atoms with van der Waals surface area (Å²) in [6.07, 6.45) is 1.47. The normalized spacial score (nSPS) is 15.2. The van der Waals surface area contributed by atoms with E-state index < -0.39 is 17.5 Å². The highest BCUT2D eigenvalue weighted by Gasteiger charge is 2.20. The number of amides is 1.